The molecule has 8 nitrogen and oxygen atoms in total. The van der Waals surface area contributed by atoms with Gasteiger partial charge in [-0.05, 0) is 13.8 Å². The highest BCUT2D eigenvalue weighted by Crippen LogP contribution is 2.32. The molecule has 0 atom stereocenters. The van der Waals surface area contributed by atoms with Gasteiger partial charge in [0.05, 0.1) is 5.69 Å². The molecule has 1 aliphatic rings. The number of carbonyl (C=O) groups is 1. The van der Waals surface area contributed by atoms with Gasteiger partial charge in [0.25, 0.3) is 11.8 Å². The normalized spacial score (nSPS) is 13.0. The van der Waals surface area contributed by atoms with Crippen LogP contribution in [0.15, 0.2) is 6.20 Å². The van der Waals surface area contributed by atoms with Crippen LogP contribution in [0.5, 0.6) is 11.6 Å². The van der Waals surface area contributed by atoms with Crippen LogP contribution in [0, 0.1) is 6.92 Å². The maximum Gasteiger partial charge on any atom is 0.276 e. The SMILES string of the molecule is CCc1nc2c(c(C(=O)N(CC)Cc3cn(C)nc3C)n1)OCCO2. The lowest BCUT2D eigenvalue weighted by molar-refractivity contribution is 0.0732. The molecule has 3 heterocycles. The average molecular weight is 345 g/mol. The van der Waals surface area contributed by atoms with Crippen LogP contribution < -0.4 is 9.47 Å². The van der Waals surface area contributed by atoms with Gasteiger partial charge in [0.1, 0.15) is 19.0 Å². The molecule has 0 unspecified atom stereocenters. The highest BCUT2D eigenvalue weighted by atomic mass is 16.6. The summed E-state index contributed by atoms with van der Waals surface area (Å²) in [5.41, 5.74) is 2.19. The van der Waals surface area contributed by atoms with E-state index in [1.165, 1.54) is 0 Å². The number of hydrogen-bond donors (Lipinski definition) is 0. The van der Waals surface area contributed by atoms with Gasteiger partial charge < -0.3 is 14.4 Å². The lowest BCUT2D eigenvalue weighted by Crippen LogP contribution is -2.33. The van der Waals surface area contributed by atoms with Gasteiger partial charge in [-0.25, -0.2) is 4.98 Å². The van der Waals surface area contributed by atoms with E-state index in [0.29, 0.717) is 50.2 Å². The summed E-state index contributed by atoms with van der Waals surface area (Å²) in [5, 5.41) is 4.34. The number of nitrogens with zero attached hydrogens (tertiary/aromatic N) is 5. The number of ether oxygens (including phenoxy) is 2. The third kappa shape index (κ3) is 3.42. The molecule has 2 aromatic heterocycles. The van der Waals surface area contributed by atoms with Crippen molar-refractivity contribution >= 4 is 5.91 Å². The van der Waals surface area contributed by atoms with Crippen LogP contribution in [-0.2, 0) is 20.0 Å². The summed E-state index contributed by atoms with van der Waals surface area (Å²) in [6.07, 6.45) is 2.54. The fourth-order valence-electron chi connectivity index (χ4n) is 2.77. The van der Waals surface area contributed by atoms with Crippen LogP contribution in [-0.4, -0.2) is 50.3 Å². The van der Waals surface area contributed by atoms with E-state index >= 15 is 0 Å². The van der Waals surface area contributed by atoms with E-state index in [4.69, 9.17) is 9.47 Å². The van der Waals surface area contributed by atoms with Gasteiger partial charge >= 0.3 is 0 Å². The molecule has 0 aliphatic carbocycles. The second kappa shape index (κ2) is 7.08. The summed E-state index contributed by atoms with van der Waals surface area (Å²) >= 11 is 0. The Hall–Kier alpha value is -2.64. The second-order valence-corrected chi connectivity index (χ2v) is 5.91. The predicted molar refractivity (Wildman–Crippen MR) is 90.8 cm³/mol. The quantitative estimate of drug-likeness (QED) is 0.817. The Bertz CT molecular complexity index is 787. The molecular formula is C17H23N5O3. The minimum atomic E-state index is -0.190. The monoisotopic (exact) mass is 345 g/mol. The summed E-state index contributed by atoms with van der Waals surface area (Å²) in [5.74, 6) is 1.08. The number of rotatable bonds is 5. The van der Waals surface area contributed by atoms with Gasteiger partial charge in [-0.2, -0.15) is 10.1 Å². The molecule has 0 bridgehead atoms. The van der Waals surface area contributed by atoms with Crippen molar-refractivity contribution in [3.8, 4) is 11.6 Å². The van der Waals surface area contributed by atoms with Crippen molar-refractivity contribution in [2.75, 3.05) is 19.8 Å². The smallest absolute Gasteiger partial charge is 0.276 e. The molecule has 3 rings (SSSR count). The molecule has 0 saturated carbocycles. The van der Waals surface area contributed by atoms with Crippen LogP contribution in [0.25, 0.3) is 0 Å². The Balaban J connectivity index is 1.93. The minimum absolute atomic E-state index is 0.190. The molecule has 1 aliphatic heterocycles. The molecule has 0 fully saturated rings. The van der Waals surface area contributed by atoms with Crippen LogP contribution in [0.4, 0.5) is 0 Å². The minimum Gasteiger partial charge on any atom is -0.483 e. The first-order valence-corrected chi connectivity index (χ1v) is 8.48. The van der Waals surface area contributed by atoms with Crippen LogP contribution in [0.2, 0.25) is 0 Å². The van der Waals surface area contributed by atoms with Crippen molar-refractivity contribution in [2.45, 2.75) is 33.7 Å². The van der Waals surface area contributed by atoms with Crippen LogP contribution in [0.1, 0.15) is 41.4 Å². The van der Waals surface area contributed by atoms with Crippen molar-refractivity contribution in [3.05, 3.63) is 29.0 Å². The third-order valence-corrected chi connectivity index (χ3v) is 4.11. The first-order valence-electron chi connectivity index (χ1n) is 8.48. The largest absolute Gasteiger partial charge is 0.483 e. The molecule has 0 aromatic carbocycles. The summed E-state index contributed by atoms with van der Waals surface area (Å²) in [4.78, 5) is 23.6. The highest BCUT2D eigenvalue weighted by Gasteiger charge is 2.28. The van der Waals surface area contributed by atoms with Gasteiger partial charge in [-0.1, -0.05) is 6.92 Å². The maximum atomic E-state index is 13.1. The summed E-state index contributed by atoms with van der Waals surface area (Å²) in [6, 6.07) is 0. The van der Waals surface area contributed by atoms with Crippen LogP contribution in [0.3, 0.4) is 0 Å². The number of carbonyl (C=O) groups excluding carboxylic acids is 1. The topological polar surface area (TPSA) is 82.4 Å². The van der Waals surface area contributed by atoms with E-state index < -0.39 is 0 Å². The highest BCUT2D eigenvalue weighted by molar-refractivity contribution is 5.95. The van der Waals surface area contributed by atoms with E-state index in [-0.39, 0.29) is 11.6 Å². The number of aryl methyl sites for hydroxylation is 3. The van der Waals surface area contributed by atoms with E-state index in [9.17, 15) is 4.79 Å². The number of fused-ring (bicyclic) bond motifs is 1. The Kier molecular flexibility index (Phi) is 4.87. The molecule has 8 heteroatoms. The lowest BCUT2D eigenvalue weighted by atomic mass is 10.2. The second-order valence-electron chi connectivity index (χ2n) is 5.91. The van der Waals surface area contributed by atoms with Crippen molar-refractivity contribution in [3.63, 3.8) is 0 Å². The Morgan fingerprint density at radius 3 is 2.68 bits per heavy atom. The fraction of sp³-hybridized carbons (Fsp3) is 0.529. The van der Waals surface area contributed by atoms with Crippen molar-refractivity contribution < 1.29 is 14.3 Å². The lowest BCUT2D eigenvalue weighted by Gasteiger charge is -2.24. The van der Waals surface area contributed by atoms with Crippen molar-refractivity contribution in [1.29, 1.82) is 0 Å². The van der Waals surface area contributed by atoms with E-state index in [2.05, 4.69) is 15.1 Å². The molecule has 0 spiro atoms. The molecule has 25 heavy (non-hydrogen) atoms. The molecule has 1 amide bonds. The van der Waals surface area contributed by atoms with E-state index in [1.54, 1.807) is 9.58 Å². The van der Waals surface area contributed by atoms with Gasteiger partial charge in [0.15, 0.2) is 5.69 Å². The third-order valence-electron chi connectivity index (χ3n) is 4.11. The molecule has 134 valence electrons. The summed E-state index contributed by atoms with van der Waals surface area (Å²) in [6.45, 7) is 7.64. The first-order chi connectivity index (χ1) is 12.0. The van der Waals surface area contributed by atoms with Crippen molar-refractivity contribution in [2.24, 2.45) is 7.05 Å². The number of hydrogen-bond acceptors (Lipinski definition) is 6. The van der Waals surface area contributed by atoms with Crippen molar-refractivity contribution in [1.82, 2.24) is 24.6 Å². The van der Waals surface area contributed by atoms with Crippen LogP contribution >= 0.6 is 0 Å². The standard InChI is InChI=1S/C17H23N5O3/c1-5-13-18-14(15-16(19-13)25-8-7-24-15)17(23)22(6-2)10-12-9-21(4)20-11(12)3/h9H,5-8,10H2,1-4H3. The Labute approximate surface area is 146 Å². The van der Waals surface area contributed by atoms with E-state index in [1.807, 2.05) is 34.0 Å². The summed E-state index contributed by atoms with van der Waals surface area (Å²) < 4.78 is 12.9. The average Bonchev–Trinajstić information content (AvgIpc) is 2.95. The predicted octanol–water partition coefficient (Wildman–Crippen LogP) is 1.51. The molecule has 0 N–H and O–H groups in total. The fourth-order valence-corrected chi connectivity index (χ4v) is 2.77. The van der Waals surface area contributed by atoms with Gasteiger partial charge in [-0.15, -0.1) is 0 Å². The molecule has 0 radical (unpaired) electrons. The zero-order valence-electron chi connectivity index (χ0n) is 15.1. The maximum absolute atomic E-state index is 13.1. The molecule has 0 saturated heterocycles. The zero-order valence-corrected chi connectivity index (χ0v) is 15.1. The van der Waals surface area contributed by atoms with E-state index in [0.717, 1.165) is 11.3 Å². The zero-order chi connectivity index (χ0) is 18.0. The first kappa shape index (κ1) is 17.2. The number of aromatic nitrogens is 4. The Morgan fingerprint density at radius 1 is 1.28 bits per heavy atom. The molecule has 2 aromatic rings. The summed E-state index contributed by atoms with van der Waals surface area (Å²) in [7, 11) is 1.87. The van der Waals surface area contributed by atoms with Gasteiger partial charge in [-0.3, -0.25) is 9.48 Å². The number of amides is 1. The van der Waals surface area contributed by atoms with Gasteiger partial charge in [0, 0.05) is 38.3 Å². The molecular weight excluding hydrogens is 322 g/mol. The van der Waals surface area contributed by atoms with Gasteiger partial charge in [0.2, 0.25) is 5.75 Å². The Morgan fingerprint density at radius 2 is 2.04 bits per heavy atom.